The van der Waals surface area contributed by atoms with E-state index in [1.807, 2.05) is 12.1 Å². The van der Waals surface area contributed by atoms with Gasteiger partial charge < -0.3 is 19.7 Å². The Balaban J connectivity index is 1.85. The van der Waals surface area contributed by atoms with Crippen molar-refractivity contribution in [3.63, 3.8) is 0 Å². The number of methoxy groups -OCH3 is 1. The van der Waals surface area contributed by atoms with Crippen LogP contribution >= 0.6 is 11.6 Å². The normalized spacial score (nSPS) is 11.4. The Morgan fingerprint density at radius 3 is 2.41 bits per heavy atom. The zero-order valence-electron chi connectivity index (χ0n) is 15.6. The van der Waals surface area contributed by atoms with E-state index in [9.17, 15) is 9.59 Å². The number of rotatable bonds is 8. The van der Waals surface area contributed by atoms with E-state index in [1.54, 1.807) is 57.5 Å². The predicted octanol–water partition coefficient (Wildman–Crippen LogP) is 3.00. The molecule has 27 heavy (non-hydrogen) atoms. The second kappa shape index (κ2) is 9.83. The summed E-state index contributed by atoms with van der Waals surface area (Å²) < 4.78 is 10.9. The van der Waals surface area contributed by atoms with Crippen LogP contribution < -0.4 is 14.8 Å². The van der Waals surface area contributed by atoms with Gasteiger partial charge in [-0.2, -0.15) is 0 Å². The van der Waals surface area contributed by atoms with Gasteiger partial charge in [-0.1, -0.05) is 35.9 Å². The molecular weight excluding hydrogens is 368 g/mol. The van der Waals surface area contributed by atoms with Crippen LogP contribution in [0.1, 0.15) is 17.3 Å². The van der Waals surface area contributed by atoms with Crippen molar-refractivity contribution in [3.8, 4) is 11.5 Å². The van der Waals surface area contributed by atoms with E-state index >= 15 is 0 Å². The van der Waals surface area contributed by atoms with Gasteiger partial charge in [0.25, 0.3) is 5.91 Å². The summed E-state index contributed by atoms with van der Waals surface area (Å²) in [5.74, 6) is 0.631. The molecule has 0 spiro atoms. The molecule has 0 bridgehead atoms. The van der Waals surface area contributed by atoms with E-state index < -0.39 is 6.04 Å². The third-order valence-corrected chi connectivity index (χ3v) is 4.30. The molecule has 0 saturated carbocycles. The van der Waals surface area contributed by atoms with Crippen molar-refractivity contribution in [2.24, 2.45) is 0 Å². The third kappa shape index (κ3) is 5.62. The van der Waals surface area contributed by atoms with Crippen LogP contribution in [0.3, 0.4) is 0 Å². The summed E-state index contributed by atoms with van der Waals surface area (Å²) >= 11 is 6.01. The molecular formula is C20H23ClN2O4. The van der Waals surface area contributed by atoms with Crippen LogP contribution in [0.5, 0.6) is 11.5 Å². The van der Waals surface area contributed by atoms with E-state index in [0.717, 1.165) is 0 Å². The van der Waals surface area contributed by atoms with E-state index in [0.29, 0.717) is 35.2 Å². The Hall–Kier alpha value is -2.73. The highest BCUT2D eigenvalue weighted by Gasteiger charge is 2.21. The molecule has 0 fully saturated rings. The summed E-state index contributed by atoms with van der Waals surface area (Å²) in [7, 11) is 3.23. The van der Waals surface area contributed by atoms with E-state index in [1.165, 1.54) is 4.90 Å². The standard InChI is InChI=1S/C20H23ClN2O4/c1-14(22-19(24)15-8-4-5-9-16(15)21)20(25)23(2)12-13-27-18-11-7-6-10-17(18)26-3/h4-11,14H,12-13H2,1-3H3,(H,22,24). The van der Waals surface area contributed by atoms with Gasteiger partial charge in [-0.15, -0.1) is 0 Å². The molecule has 2 aromatic carbocycles. The van der Waals surface area contributed by atoms with Gasteiger partial charge in [-0.3, -0.25) is 9.59 Å². The zero-order valence-corrected chi connectivity index (χ0v) is 16.3. The largest absolute Gasteiger partial charge is 0.493 e. The van der Waals surface area contributed by atoms with Crippen molar-refractivity contribution in [1.29, 1.82) is 0 Å². The minimum absolute atomic E-state index is 0.223. The van der Waals surface area contributed by atoms with Crippen molar-refractivity contribution in [3.05, 3.63) is 59.1 Å². The molecule has 2 aromatic rings. The van der Waals surface area contributed by atoms with Crippen LogP contribution in [0.4, 0.5) is 0 Å². The molecule has 6 nitrogen and oxygen atoms in total. The van der Waals surface area contributed by atoms with Crippen molar-refractivity contribution in [2.75, 3.05) is 27.3 Å². The Morgan fingerprint density at radius 2 is 1.74 bits per heavy atom. The first-order valence-corrected chi connectivity index (χ1v) is 8.88. The Bertz CT molecular complexity index is 797. The molecule has 7 heteroatoms. The quantitative estimate of drug-likeness (QED) is 0.752. The maximum atomic E-state index is 12.5. The number of hydrogen-bond donors (Lipinski definition) is 1. The molecule has 144 valence electrons. The number of benzene rings is 2. The first-order valence-electron chi connectivity index (χ1n) is 8.50. The lowest BCUT2D eigenvalue weighted by molar-refractivity contribution is -0.131. The Kier molecular flexibility index (Phi) is 7.49. The number of halogens is 1. The molecule has 0 saturated heterocycles. The summed E-state index contributed by atoms with van der Waals surface area (Å²) in [6, 6.07) is 13.3. The molecule has 0 aliphatic carbocycles. The lowest BCUT2D eigenvalue weighted by Gasteiger charge is -2.22. The lowest BCUT2D eigenvalue weighted by atomic mass is 10.2. The molecule has 1 N–H and O–H groups in total. The summed E-state index contributed by atoms with van der Waals surface area (Å²) in [6.07, 6.45) is 0. The van der Waals surface area contributed by atoms with Crippen molar-refractivity contribution in [2.45, 2.75) is 13.0 Å². The third-order valence-electron chi connectivity index (χ3n) is 3.97. The molecule has 0 aliphatic rings. The van der Waals surface area contributed by atoms with Crippen LogP contribution in [0.15, 0.2) is 48.5 Å². The number of amides is 2. The minimum atomic E-state index is -0.690. The fourth-order valence-corrected chi connectivity index (χ4v) is 2.67. The summed E-state index contributed by atoms with van der Waals surface area (Å²) in [5.41, 5.74) is 0.334. The number of hydrogen-bond acceptors (Lipinski definition) is 4. The van der Waals surface area contributed by atoms with E-state index in [-0.39, 0.29) is 11.8 Å². The van der Waals surface area contributed by atoms with E-state index in [4.69, 9.17) is 21.1 Å². The fraction of sp³-hybridized carbons (Fsp3) is 0.300. The number of carbonyl (C=O) groups excluding carboxylic acids is 2. The van der Waals surface area contributed by atoms with Gasteiger partial charge in [0, 0.05) is 7.05 Å². The average molecular weight is 391 g/mol. The molecule has 2 amide bonds. The van der Waals surface area contributed by atoms with Gasteiger partial charge in [-0.25, -0.2) is 0 Å². The van der Waals surface area contributed by atoms with Crippen molar-refractivity contribution in [1.82, 2.24) is 10.2 Å². The van der Waals surface area contributed by atoms with Crippen LogP contribution in [0, 0.1) is 0 Å². The number of para-hydroxylation sites is 2. The number of nitrogens with zero attached hydrogens (tertiary/aromatic N) is 1. The minimum Gasteiger partial charge on any atom is -0.493 e. The molecule has 1 unspecified atom stereocenters. The van der Waals surface area contributed by atoms with Crippen molar-refractivity contribution >= 4 is 23.4 Å². The maximum absolute atomic E-state index is 12.5. The summed E-state index contributed by atoms with van der Waals surface area (Å²) in [6.45, 7) is 2.30. The van der Waals surface area contributed by atoms with Crippen LogP contribution in [-0.4, -0.2) is 50.1 Å². The van der Waals surface area contributed by atoms with Crippen LogP contribution in [-0.2, 0) is 4.79 Å². The average Bonchev–Trinajstić information content (AvgIpc) is 2.67. The number of nitrogens with one attached hydrogen (secondary N) is 1. The Morgan fingerprint density at radius 1 is 1.11 bits per heavy atom. The lowest BCUT2D eigenvalue weighted by Crippen LogP contribution is -2.46. The highest BCUT2D eigenvalue weighted by atomic mass is 35.5. The SMILES string of the molecule is COc1ccccc1OCCN(C)C(=O)C(C)NC(=O)c1ccccc1Cl. The zero-order chi connectivity index (χ0) is 19.8. The fourth-order valence-electron chi connectivity index (χ4n) is 2.45. The first-order chi connectivity index (χ1) is 12.9. The number of carbonyl (C=O) groups is 2. The van der Waals surface area contributed by atoms with Gasteiger partial charge in [0.2, 0.25) is 5.91 Å². The number of ether oxygens (including phenoxy) is 2. The van der Waals surface area contributed by atoms with Gasteiger partial charge >= 0.3 is 0 Å². The molecule has 2 rings (SSSR count). The Labute approximate surface area is 164 Å². The van der Waals surface area contributed by atoms with Gasteiger partial charge in [0.15, 0.2) is 11.5 Å². The maximum Gasteiger partial charge on any atom is 0.253 e. The number of likely N-dealkylation sites (N-methyl/N-ethyl adjacent to an activating group) is 1. The molecule has 0 aromatic heterocycles. The first kappa shape index (κ1) is 20.6. The van der Waals surface area contributed by atoms with E-state index in [2.05, 4.69) is 5.32 Å². The summed E-state index contributed by atoms with van der Waals surface area (Å²) in [4.78, 5) is 26.2. The van der Waals surface area contributed by atoms with Crippen LogP contribution in [0.2, 0.25) is 5.02 Å². The monoisotopic (exact) mass is 390 g/mol. The van der Waals surface area contributed by atoms with Crippen LogP contribution in [0.25, 0.3) is 0 Å². The van der Waals surface area contributed by atoms with Gasteiger partial charge in [0.05, 0.1) is 24.2 Å². The second-order valence-electron chi connectivity index (χ2n) is 5.93. The topological polar surface area (TPSA) is 67.9 Å². The highest BCUT2D eigenvalue weighted by Crippen LogP contribution is 2.25. The smallest absolute Gasteiger partial charge is 0.253 e. The predicted molar refractivity (Wildman–Crippen MR) is 105 cm³/mol. The highest BCUT2D eigenvalue weighted by molar-refractivity contribution is 6.33. The molecule has 0 radical (unpaired) electrons. The second-order valence-corrected chi connectivity index (χ2v) is 6.34. The van der Waals surface area contributed by atoms with Gasteiger partial charge in [0.1, 0.15) is 12.6 Å². The summed E-state index contributed by atoms with van der Waals surface area (Å²) in [5, 5.41) is 3.01. The molecule has 0 aliphatic heterocycles. The van der Waals surface area contributed by atoms with Crippen molar-refractivity contribution < 1.29 is 19.1 Å². The molecule has 0 heterocycles. The van der Waals surface area contributed by atoms with Gasteiger partial charge in [-0.05, 0) is 31.2 Å². The molecule has 1 atom stereocenters.